The summed E-state index contributed by atoms with van der Waals surface area (Å²) in [5.41, 5.74) is 0.148. The van der Waals surface area contributed by atoms with Gasteiger partial charge in [0.05, 0.1) is 17.0 Å². The van der Waals surface area contributed by atoms with Crippen LogP contribution in [0, 0.1) is 11.3 Å². The van der Waals surface area contributed by atoms with E-state index in [0.717, 1.165) is 19.4 Å². The first-order valence-electron chi connectivity index (χ1n) is 9.44. The maximum atomic E-state index is 12.9. The zero-order valence-corrected chi connectivity index (χ0v) is 16.5. The molecule has 0 aromatic heterocycles. The lowest BCUT2D eigenvalue weighted by Gasteiger charge is -2.37. The summed E-state index contributed by atoms with van der Waals surface area (Å²) < 4.78 is 27.1. The molecule has 2 saturated heterocycles. The number of nitriles is 1. The molecule has 0 bridgehead atoms. The van der Waals surface area contributed by atoms with E-state index in [1.807, 2.05) is 6.07 Å². The van der Waals surface area contributed by atoms with Gasteiger partial charge in [0.15, 0.2) is 0 Å². The highest BCUT2D eigenvalue weighted by molar-refractivity contribution is 7.89. The Morgan fingerprint density at radius 3 is 2.52 bits per heavy atom. The number of rotatable bonds is 4. The molecule has 0 N–H and O–H groups in total. The van der Waals surface area contributed by atoms with Crippen molar-refractivity contribution in [3.8, 4) is 6.07 Å². The van der Waals surface area contributed by atoms with E-state index in [4.69, 9.17) is 0 Å². The average molecular weight is 391 g/mol. The van der Waals surface area contributed by atoms with Crippen molar-refractivity contribution >= 4 is 15.9 Å². The van der Waals surface area contributed by atoms with Gasteiger partial charge in [-0.2, -0.15) is 9.57 Å². The fourth-order valence-electron chi connectivity index (χ4n) is 3.77. The number of benzene rings is 1. The second kappa shape index (κ2) is 8.38. The zero-order chi connectivity index (χ0) is 19.4. The molecule has 0 unspecified atom stereocenters. The van der Waals surface area contributed by atoms with Gasteiger partial charge in [0.1, 0.15) is 6.07 Å². The first kappa shape index (κ1) is 19.8. The first-order chi connectivity index (χ1) is 12.9. The van der Waals surface area contributed by atoms with Crippen molar-refractivity contribution in [2.45, 2.75) is 37.1 Å². The summed E-state index contributed by atoms with van der Waals surface area (Å²) in [7, 11) is -3.73. The molecule has 0 saturated carbocycles. The maximum absolute atomic E-state index is 12.9. The van der Waals surface area contributed by atoms with Gasteiger partial charge in [0.25, 0.3) is 0 Å². The van der Waals surface area contributed by atoms with Crippen LogP contribution in [0.5, 0.6) is 0 Å². The Balaban J connectivity index is 1.61. The molecular formula is C19H26N4O3S. The molecule has 1 aromatic carbocycles. The molecule has 2 fully saturated rings. The fourth-order valence-corrected chi connectivity index (χ4v) is 5.33. The monoisotopic (exact) mass is 390 g/mol. The number of piperazine rings is 1. The average Bonchev–Trinajstić information content (AvgIpc) is 2.69. The molecule has 146 valence electrons. The van der Waals surface area contributed by atoms with Crippen LogP contribution < -0.4 is 0 Å². The summed E-state index contributed by atoms with van der Waals surface area (Å²) >= 11 is 0. The van der Waals surface area contributed by atoms with Crippen molar-refractivity contribution in [3.63, 3.8) is 0 Å². The Bertz CT molecular complexity index is 826. The molecule has 2 aliphatic rings. The summed E-state index contributed by atoms with van der Waals surface area (Å²) in [6.07, 6.45) is 3.46. The molecule has 2 heterocycles. The van der Waals surface area contributed by atoms with Crippen molar-refractivity contribution in [2.75, 3.05) is 39.3 Å². The lowest BCUT2D eigenvalue weighted by Crippen LogP contribution is -2.53. The molecule has 0 spiro atoms. The number of sulfonamides is 1. The Kier molecular flexibility index (Phi) is 6.15. The third kappa shape index (κ3) is 4.32. The summed E-state index contributed by atoms with van der Waals surface area (Å²) in [5.74, 6) is 0.0678. The molecular weight excluding hydrogens is 364 g/mol. The van der Waals surface area contributed by atoms with Gasteiger partial charge in [-0.1, -0.05) is 18.6 Å². The SMILES string of the molecule is C[C@@H]1CCCCN1CC(=O)N1CCN(S(=O)(=O)c2ccccc2C#N)CC1. The van der Waals surface area contributed by atoms with Gasteiger partial charge in [0, 0.05) is 32.2 Å². The minimum atomic E-state index is -3.73. The molecule has 3 rings (SSSR count). The topological polar surface area (TPSA) is 84.7 Å². The van der Waals surface area contributed by atoms with Crippen molar-refractivity contribution in [1.29, 1.82) is 5.26 Å². The quantitative estimate of drug-likeness (QED) is 0.773. The van der Waals surface area contributed by atoms with Crippen LogP contribution in [0.1, 0.15) is 31.7 Å². The van der Waals surface area contributed by atoms with Crippen LogP contribution in [-0.2, 0) is 14.8 Å². The molecule has 2 aliphatic heterocycles. The van der Waals surface area contributed by atoms with Crippen LogP contribution >= 0.6 is 0 Å². The summed E-state index contributed by atoms with van der Waals surface area (Å²) in [5, 5.41) is 9.18. The van der Waals surface area contributed by atoms with Gasteiger partial charge < -0.3 is 4.90 Å². The number of carbonyl (C=O) groups excluding carboxylic acids is 1. The number of hydrogen-bond donors (Lipinski definition) is 0. The van der Waals surface area contributed by atoms with Crippen molar-refractivity contribution in [2.24, 2.45) is 0 Å². The number of nitrogens with zero attached hydrogens (tertiary/aromatic N) is 4. The fraction of sp³-hybridized carbons (Fsp3) is 0.579. The van der Waals surface area contributed by atoms with Crippen LogP contribution in [0.25, 0.3) is 0 Å². The largest absolute Gasteiger partial charge is 0.339 e. The zero-order valence-electron chi connectivity index (χ0n) is 15.7. The second-order valence-electron chi connectivity index (χ2n) is 7.21. The van der Waals surface area contributed by atoms with Crippen molar-refractivity contribution < 1.29 is 13.2 Å². The van der Waals surface area contributed by atoms with Gasteiger partial charge in [-0.3, -0.25) is 9.69 Å². The predicted octanol–water partition coefficient (Wildman–Crippen LogP) is 1.27. The minimum Gasteiger partial charge on any atom is -0.339 e. The van der Waals surface area contributed by atoms with Crippen molar-refractivity contribution in [3.05, 3.63) is 29.8 Å². The number of hydrogen-bond acceptors (Lipinski definition) is 5. The van der Waals surface area contributed by atoms with Gasteiger partial charge in [-0.05, 0) is 38.4 Å². The maximum Gasteiger partial charge on any atom is 0.244 e. The molecule has 1 amide bonds. The summed E-state index contributed by atoms with van der Waals surface area (Å²) in [6.45, 7) is 4.79. The van der Waals surface area contributed by atoms with Crippen LogP contribution in [0.2, 0.25) is 0 Å². The molecule has 0 aliphatic carbocycles. The lowest BCUT2D eigenvalue weighted by molar-refractivity contribution is -0.134. The normalized spacial score (nSPS) is 22.4. The van der Waals surface area contributed by atoms with E-state index in [1.54, 1.807) is 17.0 Å². The molecule has 0 radical (unpaired) electrons. The summed E-state index contributed by atoms with van der Waals surface area (Å²) in [4.78, 5) is 16.6. The Labute approximate surface area is 161 Å². The molecule has 1 atom stereocenters. The van der Waals surface area contributed by atoms with E-state index in [1.165, 1.54) is 22.9 Å². The highest BCUT2D eigenvalue weighted by atomic mass is 32.2. The molecule has 7 nitrogen and oxygen atoms in total. The van der Waals surface area contributed by atoms with Gasteiger partial charge in [-0.15, -0.1) is 0 Å². The van der Waals surface area contributed by atoms with Crippen LogP contribution in [0.15, 0.2) is 29.2 Å². The Hall–Kier alpha value is -1.95. The number of likely N-dealkylation sites (tertiary alicyclic amines) is 1. The molecule has 27 heavy (non-hydrogen) atoms. The standard InChI is InChI=1S/C19H26N4O3S/c1-16-6-4-5-9-22(16)15-19(24)21-10-12-23(13-11-21)27(25,26)18-8-3-2-7-17(18)14-20/h2-3,7-8,16H,4-6,9-13,15H2,1H3/t16-/m1/s1. The third-order valence-electron chi connectivity index (χ3n) is 5.50. The Morgan fingerprint density at radius 2 is 1.85 bits per heavy atom. The van der Waals surface area contributed by atoms with Crippen LogP contribution in [0.4, 0.5) is 0 Å². The van der Waals surface area contributed by atoms with Crippen LogP contribution in [-0.4, -0.2) is 73.7 Å². The van der Waals surface area contributed by atoms with Gasteiger partial charge >= 0.3 is 0 Å². The number of amides is 1. The van der Waals surface area contributed by atoms with E-state index in [9.17, 15) is 18.5 Å². The highest BCUT2D eigenvalue weighted by Gasteiger charge is 2.32. The highest BCUT2D eigenvalue weighted by Crippen LogP contribution is 2.21. The molecule has 1 aromatic rings. The van der Waals surface area contributed by atoms with Gasteiger partial charge in [0.2, 0.25) is 15.9 Å². The molecule has 8 heteroatoms. The van der Waals surface area contributed by atoms with E-state index in [2.05, 4.69) is 11.8 Å². The van der Waals surface area contributed by atoms with Crippen LogP contribution in [0.3, 0.4) is 0 Å². The number of piperidine rings is 1. The van der Waals surface area contributed by atoms with E-state index >= 15 is 0 Å². The predicted molar refractivity (Wildman–Crippen MR) is 101 cm³/mol. The Morgan fingerprint density at radius 1 is 1.15 bits per heavy atom. The van der Waals surface area contributed by atoms with E-state index in [-0.39, 0.29) is 29.5 Å². The number of carbonyl (C=O) groups is 1. The van der Waals surface area contributed by atoms with Crippen molar-refractivity contribution in [1.82, 2.24) is 14.1 Å². The first-order valence-corrected chi connectivity index (χ1v) is 10.9. The van der Waals surface area contributed by atoms with Gasteiger partial charge in [-0.25, -0.2) is 8.42 Å². The lowest BCUT2D eigenvalue weighted by atomic mass is 10.0. The smallest absolute Gasteiger partial charge is 0.244 e. The van der Waals surface area contributed by atoms with E-state index in [0.29, 0.717) is 25.7 Å². The second-order valence-corrected chi connectivity index (χ2v) is 9.11. The summed E-state index contributed by atoms with van der Waals surface area (Å²) in [6, 6.07) is 8.60. The third-order valence-corrected chi connectivity index (χ3v) is 7.45. The van der Waals surface area contributed by atoms with E-state index < -0.39 is 10.0 Å². The minimum absolute atomic E-state index is 0.0365.